The molecule has 1 aliphatic carbocycles. The summed E-state index contributed by atoms with van der Waals surface area (Å²) in [6.07, 6.45) is -1.62. The Morgan fingerprint density at radius 2 is 1.74 bits per heavy atom. The molecule has 2 aromatic carbocycles. The second kappa shape index (κ2) is 8.51. The van der Waals surface area contributed by atoms with Crippen LogP contribution in [-0.4, -0.2) is 48.6 Å². The molecule has 0 radical (unpaired) electrons. The van der Waals surface area contributed by atoms with Gasteiger partial charge in [-0.1, -0.05) is 58.4 Å². The molecular formula is C26H24BrNO7. The smallest absolute Gasteiger partial charge is 0.312 e. The van der Waals surface area contributed by atoms with Gasteiger partial charge in [0.2, 0.25) is 11.8 Å². The number of aromatic nitrogens is 1. The first-order valence-corrected chi connectivity index (χ1v) is 11.7. The summed E-state index contributed by atoms with van der Waals surface area (Å²) in [5.41, 5.74) is -2.37. The van der Waals surface area contributed by atoms with Crippen LogP contribution in [0.5, 0.6) is 17.5 Å². The van der Waals surface area contributed by atoms with Crippen molar-refractivity contribution in [3.8, 4) is 17.5 Å². The number of hydrogen-bond donors (Lipinski definition) is 2. The van der Waals surface area contributed by atoms with Crippen LogP contribution in [0, 0.1) is 5.92 Å². The van der Waals surface area contributed by atoms with Crippen LogP contribution in [0.4, 0.5) is 0 Å². The lowest BCUT2D eigenvalue weighted by Crippen LogP contribution is -2.52. The third-order valence-electron chi connectivity index (χ3n) is 7.02. The van der Waals surface area contributed by atoms with Gasteiger partial charge in [-0.3, -0.25) is 4.79 Å². The molecule has 8 nitrogen and oxygen atoms in total. The van der Waals surface area contributed by atoms with Crippen molar-refractivity contribution < 1.29 is 34.0 Å². The van der Waals surface area contributed by atoms with E-state index in [1.165, 1.54) is 27.4 Å². The minimum atomic E-state index is -2.12. The van der Waals surface area contributed by atoms with Gasteiger partial charge < -0.3 is 29.2 Å². The summed E-state index contributed by atoms with van der Waals surface area (Å²) in [7, 11) is 4.11. The van der Waals surface area contributed by atoms with E-state index in [4.69, 9.17) is 18.9 Å². The van der Waals surface area contributed by atoms with E-state index in [1.54, 1.807) is 12.1 Å². The SMILES string of the molecule is COC(=O)C1C(O)C2(O)c3c(cc(OC)nc3OC)OC2(c2ccc(Br)cc2)C1c1ccccc1. The van der Waals surface area contributed by atoms with E-state index in [2.05, 4.69) is 20.9 Å². The van der Waals surface area contributed by atoms with Crippen LogP contribution in [0.1, 0.15) is 22.6 Å². The molecule has 0 spiro atoms. The fraction of sp³-hybridized carbons (Fsp3) is 0.308. The van der Waals surface area contributed by atoms with Gasteiger partial charge >= 0.3 is 5.97 Å². The Kier molecular flexibility index (Phi) is 5.74. The van der Waals surface area contributed by atoms with Gasteiger partial charge in [0.05, 0.1) is 32.8 Å². The van der Waals surface area contributed by atoms with Crippen molar-refractivity contribution in [2.75, 3.05) is 21.3 Å². The molecule has 1 fully saturated rings. The molecule has 2 heterocycles. The maximum Gasteiger partial charge on any atom is 0.312 e. The molecule has 1 saturated carbocycles. The molecule has 1 aromatic heterocycles. The molecule has 2 aliphatic rings. The lowest BCUT2D eigenvalue weighted by Gasteiger charge is -2.40. The van der Waals surface area contributed by atoms with Crippen LogP contribution in [0.15, 0.2) is 65.1 Å². The average Bonchev–Trinajstić information content (AvgIpc) is 3.26. The van der Waals surface area contributed by atoms with E-state index in [0.717, 1.165) is 4.47 Å². The molecule has 5 rings (SSSR count). The summed E-state index contributed by atoms with van der Waals surface area (Å²) in [6.45, 7) is 0. The molecule has 2 N–H and O–H groups in total. The molecule has 0 amide bonds. The molecule has 1 aliphatic heterocycles. The van der Waals surface area contributed by atoms with Crippen LogP contribution < -0.4 is 14.2 Å². The van der Waals surface area contributed by atoms with Crippen LogP contribution in [0.2, 0.25) is 0 Å². The monoisotopic (exact) mass is 541 g/mol. The number of ether oxygens (including phenoxy) is 4. The van der Waals surface area contributed by atoms with Gasteiger partial charge in [0.25, 0.3) is 0 Å². The number of nitrogens with zero attached hydrogens (tertiary/aromatic N) is 1. The minimum Gasteiger partial charge on any atom is -0.481 e. The standard InChI is InChI=1S/C26H24BrNO7/c1-32-18-13-17-21(23(28-18)33-2)25(31)22(29)19(24(30)34-3)20(14-7-5-4-6-8-14)26(25,35-17)15-9-11-16(27)12-10-15/h4-13,19-20,22,29,31H,1-3H3. The van der Waals surface area contributed by atoms with E-state index < -0.39 is 35.1 Å². The van der Waals surface area contributed by atoms with E-state index >= 15 is 0 Å². The number of benzene rings is 2. The van der Waals surface area contributed by atoms with Crippen molar-refractivity contribution in [2.45, 2.75) is 23.2 Å². The van der Waals surface area contributed by atoms with Gasteiger partial charge in [-0.2, -0.15) is 4.98 Å². The highest BCUT2D eigenvalue weighted by Crippen LogP contribution is 2.70. The zero-order chi connectivity index (χ0) is 25.0. The predicted octanol–water partition coefficient (Wildman–Crippen LogP) is 3.28. The molecule has 0 saturated heterocycles. The van der Waals surface area contributed by atoms with Gasteiger partial charge in [-0.05, 0) is 23.3 Å². The summed E-state index contributed by atoms with van der Waals surface area (Å²) in [6, 6.07) is 17.9. The number of methoxy groups -OCH3 is 3. The number of halogens is 1. The predicted molar refractivity (Wildman–Crippen MR) is 128 cm³/mol. The highest BCUT2D eigenvalue weighted by atomic mass is 79.9. The Bertz CT molecular complexity index is 1270. The molecular weight excluding hydrogens is 518 g/mol. The van der Waals surface area contributed by atoms with Crippen molar-refractivity contribution in [1.29, 1.82) is 0 Å². The van der Waals surface area contributed by atoms with Gasteiger partial charge in [0.1, 0.15) is 11.9 Å². The van der Waals surface area contributed by atoms with Crippen molar-refractivity contribution in [3.05, 3.63) is 81.8 Å². The van der Waals surface area contributed by atoms with Gasteiger partial charge in [0, 0.05) is 16.5 Å². The summed E-state index contributed by atoms with van der Waals surface area (Å²) in [5.74, 6) is -2.18. The van der Waals surface area contributed by atoms with Crippen molar-refractivity contribution in [2.24, 2.45) is 5.92 Å². The maximum absolute atomic E-state index is 13.2. The van der Waals surface area contributed by atoms with Crippen LogP contribution >= 0.6 is 15.9 Å². The molecule has 5 atom stereocenters. The number of rotatable bonds is 5. The number of carbonyl (C=O) groups excluding carboxylic acids is 1. The van der Waals surface area contributed by atoms with Crippen molar-refractivity contribution in [1.82, 2.24) is 4.98 Å². The first kappa shape index (κ1) is 23.6. The summed E-state index contributed by atoms with van der Waals surface area (Å²) >= 11 is 3.45. The summed E-state index contributed by atoms with van der Waals surface area (Å²) in [5, 5.41) is 24.4. The van der Waals surface area contributed by atoms with E-state index in [0.29, 0.717) is 11.1 Å². The quantitative estimate of drug-likeness (QED) is 0.474. The molecule has 0 bridgehead atoms. The van der Waals surface area contributed by atoms with Gasteiger partial charge in [-0.15, -0.1) is 0 Å². The Morgan fingerprint density at radius 1 is 1.06 bits per heavy atom. The number of hydrogen-bond acceptors (Lipinski definition) is 8. The van der Waals surface area contributed by atoms with Crippen LogP contribution in [-0.2, 0) is 20.7 Å². The van der Waals surface area contributed by atoms with E-state index in [1.807, 2.05) is 42.5 Å². The van der Waals surface area contributed by atoms with Crippen molar-refractivity contribution >= 4 is 21.9 Å². The first-order valence-electron chi connectivity index (χ1n) is 10.9. The minimum absolute atomic E-state index is 0.0252. The molecule has 182 valence electrons. The molecule has 5 unspecified atom stereocenters. The van der Waals surface area contributed by atoms with Gasteiger partial charge in [-0.25, -0.2) is 0 Å². The third kappa shape index (κ3) is 3.11. The molecule has 9 heteroatoms. The Balaban J connectivity index is 1.89. The van der Waals surface area contributed by atoms with Gasteiger partial charge in [0.15, 0.2) is 11.2 Å². The largest absolute Gasteiger partial charge is 0.481 e. The Hall–Kier alpha value is -3.14. The fourth-order valence-electron chi connectivity index (χ4n) is 5.62. The summed E-state index contributed by atoms with van der Waals surface area (Å²) < 4.78 is 23.4. The third-order valence-corrected chi connectivity index (χ3v) is 7.55. The molecule has 3 aromatic rings. The Labute approximate surface area is 210 Å². The number of aliphatic hydroxyl groups excluding tert-OH is 1. The number of pyridine rings is 1. The first-order chi connectivity index (χ1) is 16.8. The number of carbonyl (C=O) groups is 1. The van der Waals surface area contributed by atoms with E-state index in [-0.39, 0.29) is 23.1 Å². The topological polar surface area (TPSA) is 107 Å². The highest BCUT2D eigenvalue weighted by Gasteiger charge is 2.78. The maximum atomic E-state index is 13.2. The number of esters is 1. The zero-order valence-corrected chi connectivity index (χ0v) is 20.9. The van der Waals surface area contributed by atoms with Crippen molar-refractivity contribution in [3.63, 3.8) is 0 Å². The normalized spacial score (nSPS) is 28.6. The Morgan fingerprint density at radius 3 is 2.34 bits per heavy atom. The molecule has 35 heavy (non-hydrogen) atoms. The average molecular weight is 542 g/mol. The summed E-state index contributed by atoms with van der Waals surface area (Å²) in [4.78, 5) is 17.5. The van der Waals surface area contributed by atoms with Crippen LogP contribution in [0.3, 0.4) is 0 Å². The zero-order valence-electron chi connectivity index (χ0n) is 19.3. The number of aliphatic hydroxyl groups is 2. The number of fused-ring (bicyclic) bond motifs is 3. The van der Waals surface area contributed by atoms with Crippen LogP contribution in [0.25, 0.3) is 0 Å². The van der Waals surface area contributed by atoms with E-state index in [9.17, 15) is 15.0 Å². The lowest BCUT2D eigenvalue weighted by molar-refractivity contribution is -0.161. The second-order valence-corrected chi connectivity index (χ2v) is 9.46. The highest BCUT2D eigenvalue weighted by molar-refractivity contribution is 9.10. The fourth-order valence-corrected chi connectivity index (χ4v) is 5.89. The second-order valence-electron chi connectivity index (χ2n) is 8.54. The lowest BCUT2D eigenvalue weighted by atomic mass is 9.71.